The van der Waals surface area contributed by atoms with Gasteiger partial charge in [0.15, 0.2) is 0 Å². The summed E-state index contributed by atoms with van der Waals surface area (Å²) in [4.78, 5) is 15.3. The number of piperazine rings is 1. The van der Waals surface area contributed by atoms with E-state index in [2.05, 4.69) is 5.32 Å². The molecule has 1 N–H and O–H groups in total. The molecule has 28 heavy (non-hydrogen) atoms. The fraction of sp³-hybridized carbons (Fsp3) is 0.381. The van der Waals surface area contributed by atoms with Gasteiger partial charge in [-0.15, -0.1) is 12.4 Å². The number of carbonyl (C=O) groups is 1. The lowest BCUT2D eigenvalue weighted by Crippen LogP contribution is -2.52. The SMILES string of the molecule is COc1ccccc1C1CNCCN1C(=O)C1COc2ccc(Cl)cc2C1.Cl. The number of nitrogens with one attached hydrogen (secondary N) is 1. The maximum atomic E-state index is 13.4. The zero-order valence-electron chi connectivity index (χ0n) is 15.7. The predicted molar refractivity (Wildman–Crippen MR) is 112 cm³/mol. The summed E-state index contributed by atoms with van der Waals surface area (Å²) in [6.45, 7) is 2.56. The van der Waals surface area contributed by atoms with Crippen molar-refractivity contribution < 1.29 is 14.3 Å². The van der Waals surface area contributed by atoms with Crippen LogP contribution in [0.1, 0.15) is 17.2 Å². The molecule has 2 unspecified atom stereocenters. The van der Waals surface area contributed by atoms with Gasteiger partial charge in [-0.2, -0.15) is 0 Å². The second-order valence-electron chi connectivity index (χ2n) is 6.96. The van der Waals surface area contributed by atoms with E-state index in [0.717, 1.165) is 29.2 Å². The summed E-state index contributed by atoms with van der Waals surface area (Å²) in [5.41, 5.74) is 2.02. The first-order valence-electron chi connectivity index (χ1n) is 9.22. The van der Waals surface area contributed by atoms with Gasteiger partial charge in [-0.1, -0.05) is 29.8 Å². The molecule has 1 fully saturated rings. The molecule has 2 atom stereocenters. The molecule has 1 amide bonds. The maximum absolute atomic E-state index is 13.4. The number of nitrogens with zero attached hydrogens (tertiary/aromatic N) is 1. The van der Waals surface area contributed by atoms with E-state index in [-0.39, 0.29) is 30.3 Å². The van der Waals surface area contributed by atoms with Gasteiger partial charge in [0.1, 0.15) is 18.1 Å². The Bertz CT molecular complexity index is 846. The van der Waals surface area contributed by atoms with Crippen molar-refractivity contribution in [2.45, 2.75) is 12.5 Å². The van der Waals surface area contributed by atoms with Crippen molar-refractivity contribution in [1.82, 2.24) is 10.2 Å². The minimum absolute atomic E-state index is 0. The molecule has 0 aromatic heterocycles. The van der Waals surface area contributed by atoms with Crippen LogP contribution in [0, 0.1) is 5.92 Å². The van der Waals surface area contributed by atoms with Crippen LogP contribution in [0.2, 0.25) is 5.02 Å². The van der Waals surface area contributed by atoms with E-state index in [9.17, 15) is 4.79 Å². The molecule has 2 aliphatic rings. The number of methoxy groups -OCH3 is 1. The van der Waals surface area contributed by atoms with Gasteiger partial charge in [0.05, 0.1) is 19.1 Å². The molecule has 0 saturated carbocycles. The van der Waals surface area contributed by atoms with Gasteiger partial charge in [0.2, 0.25) is 5.91 Å². The number of halogens is 2. The summed E-state index contributed by atoms with van der Waals surface area (Å²) in [5, 5.41) is 4.06. The van der Waals surface area contributed by atoms with Crippen molar-refractivity contribution in [3.8, 4) is 11.5 Å². The summed E-state index contributed by atoms with van der Waals surface area (Å²) >= 11 is 6.12. The normalized spacial score (nSPS) is 21.1. The van der Waals surface area contributed by atoms with Crippen LogP contribution in [0.15, 0.2) is 42.5 Å². The van der Waals surface area contributed by atoms with Crippen molar-refractivity contribution in [2.75, 3.05) is 33.4 Å². The summed E-state index contributed by atoms with van der Waals surface area (Å²) in [6, 6.07) is 13.4. The molecule has 4 rings (SSSR count). The molecule has 0 bridgehead atoms. The number of rotatable bonds is 3. The maximum Gasteiger partial charge on any atom is 0.230 e. The molecule has 2 aliphatic heterocycles. The first kappa shape index (κ1) is 20.8. The fourth-order valence-electron chi connectivity index (χ4n) is 3.94. The van der Waals surface area contributed by atoms with E-state index >= 15 is 0 Å². The third kappa shape index (κ3) is 4.07. The quantitative estimate of drug-likeness (QED) is 0.821. The Balaban J connectivity index is 0.00000225. The minimum atomic E-state index is -0.203. The van der Waals surface area contributed by atoms with Crippen molar-refractivity contribution in [3.63, 3.8) is 0 Å². The van der Waals surface area contributed by atoms with Gasteiger partial charge >= 0.3 is 0 Å². The summed E-state index contributed by atoms with van der Waals surface area (Å²) in [6.07, 6.45) is 0.650. The summed E-state index contributed by atoms with van der Waals surface area (Å²) in [7, 11) is 1.66. The number of benzene rings is 2. The molecule has 2 aromatic carbocycles. The van der Waals surface area contributed by atoms with Crippen LogP contribution in [0.5, 0.6) is 11.5 Å². The van der Waals surface area contributed by atoms with Crippen LogP contribution in [-0.4, -0.2) is 44.2 Å². The Hall–Kier alpha value is -1.95. The Morgan fingerprint density at radius 2 is 2.11 bits per heavy atom. The summed E-state index contributed by atoms with van der Waals surface area (Å²) < 4.78 is 11.4. The Morgan fingerprint density at radius 3 is 2.93 bits per heavy atom. The zero-order valence-corrected chi connectivity index (χ0v) is 17.3. The topological polar surface area (TPSA) is 50.8 Å². The average molecular weight is 423 g/mol. The van der Waals surface area contributed by atoms with Crippen LogP contribution >= 0.6 is 24.0 Å². The second kappa shape index (κ2) is 9.03. The molecule has 5 nitrogen and oxygen atoms in total. The number of ether oxygens (including phenoxy) is 2. The van der Waals surface area contributed by atoms with Crippen LogP contribution in [0.3, 0.4) is 0 Å². The largest absolute Gasteiger partial charge is 0.496 e. The number of amides is 1. The number of fused-ring (bicyclic) bond motifs is 1. The predicted octanol–water partition coefficient (Wildman–Crippen LogP) is 3.49. The van der Waals surface area contributed by atoms with Crippen molar-refractivity contribution in [3.05, 3.63) is 58.6 Å². The molecule has 0 radical (unpaired) electrons. The second-order valence-corrected chi connectivity index (χ2v) is 7.39. The van der Waals surface area contributed by atoms with Gasteiger partial charge in [-0.3, -0.25) is 4.79 Å². The molecule has 0 spiro atoms. The van der Waals surface area contributed by atoms with Gasteiger partial charge in [-0.05, 0) is 36.2 Å². The average Bonchev–Trinajstić information content (AvgIpc) is 2.72. The third-order valence-electron chi connectivity index (χ3n) is 5.30. The highest BCUT2D eigenvalue weighted by Gasteiger charge is 2.35. The molecule has 0 aliphatic carbocycles. The van der Waals surface area contributed by atoms with Crippen molar-refractivity contribution >= 4 is 29.9 Å². The summed E-state index contributed by atoms with van der Waals surface area (Å²) in [5.74, 6) is 1.55. The van der Waals surface area contributed by atoms with Gasteiger partial charge in [0, 0.05) is 30.2 Å². The molecular formula is C21H24Cl2N2O3. The Morgan fingerprint density at radius 1 is 1.29 bits per heavy atom. The molecule has 1 saturated heterocycles. The molecule has 7 heteroatoms. The first-order chi connectivity index (χ1) is 13.2. The highest BCUT2D eigenvalue weighted by atomic mass is 35.5. The minimum Gasteiger partial charge on any atom is -0.496 e. The third-order valence-corrected chi connectivity index (χ3v) is 5.54. The van der Waals surface area contributed by atoms with Crippen LogP contribution < -0.4 is 14.8 Å². The van der Waals surface area contributed by atoms with E-state index in [4.69, 9.17) is 21.1 Å². The number of para-hydroxylation sites is 1. The lowest BCUT2D eigenvalue weighted by Gasteiger charge is -2.39. The van der Waals surface area contributed by atoms with E-state index < -0.39 is 0 Å². The molecular weight excluding hydrogens is 399 g/mol. The fourth-order valence-corrected chi connectivity index (χ4v) is 4.14. The molecule has 2 aromatic rings. The smallest absolute Gasteiger partial charge is 0.230 e. The first-order valence-corrected chi connectivity index (χ1v) is 9.60. The van der Waals surface area contributed by atoms with E-state index in [0.29, 0.717) is 31.1 Å². The van der Waals surface area contributed by atoms with E-state index in [1.165, 1.54) is 0 Å². The number of hydrogen-bond donors (Lipinski definition) is 1. The van der Waals surface area contributed by atoms with Gasteiger partial charge < -0.3 is 19.7 Å². The lowest BCUT2D eigenvalue weighted by molar-refractivity contribution is -0.140. The lowest BCUT2D eigenvalue weighted by atomic mass is 9.93. The van der Waals surface area contributed by atoms with Gasteiger partial charge in [0.25, 0.3) is 0 Å². The van der Waals surface area contributed by atoms with Crippen LogP contribution in [-0.2, 0) is 11.2 Å². The number of carbonyl (C=O) groups excluding carboxylic acids is 1. The standard InChI is InChI=1S/C21H23ClN2O3.ClH/c1-26-20-5-3-2-4-17(20)18-12-23-8-9-24(18)21(25)15-10-14-11-16(22)6-7-19(14)27-13-15;/h2-7,11,15,18,23H,8-10,12-13H2,1H3;1H. The highest BCUT2D eigenvalue weighted by molar-refractivity contribution is 6.30. The zero-order chi connectivity index (χ0) is 18.8. The van der Waals surface area contributed by atoms with E-state index in [1.807, 2.05) is 47.4 Å². The number of hydrogen-bond acceptors (Lipinski definition) is 4. The van der Waals surface area contributed by atoms with Crippen molar-refractivity contribution in [1.29, 1.82) is 0 Å². The molecule has 2 heterocycles. The van der Waals surface area contributed by atoms with Crippen LogP contribution in [0.4, 0.5) is 0 Å². The Labute approximate surface area is 176 Å². The van der Waals surface area contributed by atoms with Crippen LogP contribution in [0.25, 0.3) is 0 Å². The highest BCUT2D eigenvalue weighted by Crippen LogP contribution is 2.34. The van der Waals surface area contributed by atoms with Gasteiger partial charge in [-0.25, -0.2) is 0 Å². The van der Waals surface area contributed by atoms with Crippen molar-refractivity contribution in [2.24, 2.45) is 5.92 Å². The van der Waals surface area contributed by atoms with E-state index in [1.54, 1.807) is 7.11 Å². The Kier molecular flexibility index (Phi) is 6.70. The molecule has 150 valence electrons. The monoisotopic (exact) mass is 422 g/mol.